The van der Waals surface area contributed by atoms with Gasteiger partial charge in [-0.2, -0.15) is 0 Å². The normalized spacial score (nSPS) is 20.2. The number of thioether (sulfide) groups is 2. The van der Waals surface area contributed by atoms with Gasteiger partial charge in [0.2, 0.25) is 11.8 Å². The standard InChI is InChI=1S/C25H25N7O7S3.Na/c1-12-28-29-24(42-12)41-11-15-10-40-21-17(20(35)32(21)18(15)22(36)37)26-19(34)16(14-6-4-3-5-7-14)27-23(38)31-9-8-30(13(2)33)25(31)39;/h3-7,16-17,21H,8-11H2,1-2H3,(H,26,34)(H,27,38)(H,36,37);/q;+1/p-1/t16-,17?,21-;/m1./s1. The molecule has 220 valence electrons. The summed E-state index contributed by atoms with van der Waals surface area (Å²) in [6.07, 6.45) is 0. The molecule has 1 aromatic heterocycles. The SMILES string of the molecule is CC(=O)N1CCN(C(=O)N[C@@H](C(=O)NC2C(=O)N3C(C(=O)[O-])=C(CSc4nnc(C)s4)CS[C@H]23)c2ccccc2)C1=O.[Na+]. The number of rotatable bonds is 8. The zero-order valence-electron chi connectivity index (χ0n) is 23.3. The third kappa shape index (κ3) is 6.76. The first-order valence-electron chi connectivity index (χ1n) is 12.6. The van der Waals surface area contributed by atoms with Gasteiger partial charge in [0.1, 0.15) is 22.5 Å². The summed E-state index contributed by atoms with van der Waals surface area (Å²) in [5.74, 6) is -2.79. The summed E-state index contributed by atoms with van der Waals surface area (Å²) in [4.78, 5) is 78.8. The van der Waals surface area contributed by atoms with Crippen molar-refractivity contribution in [3.05, 3.63) is 52.2 Å². The Bertz CT molecular complexity index is 1500. The van der Waals surface area contributed by atoms with E-state index in [2.05, 4.69) is 20.8 Å². The Labute approximate surface area is 280 Å². The number of carbonyl (C=O) groups is 6. The van der Waals surface area contributed by atoms with Crippen LogP contribution in [0.25, 0.3) is 0 Å². The fourth-order valence-electron chi connectivity index (χ4n) is 4.67. The van der Waals surface area contributed by atoms with Crippen molar-refractivity contribution < 1.29 is 63.4 Å². The van der Waals surface area contributed by atoms with E-state index in [1.54, 1.807) is 30.3 Å². The number of fused-ring (bicyclic) bond motifs is 1. The Morgan fingerprint density at radius 3 is 2.42 bits per heavy atom. The first-order chi connectivity index (χ1) is 20.1. The van der Waals surface area contributed by atoms with E-state index >= 15 is 0 Å². The van der Waals surface area contributed by atoms with Crippen molar-refractivity contribution >= 4 is 70.6 Å². The largest absolute Gasteiger partial charge is 1.00 e. The summed E-state index contributed by atoms with van der Waals surface area (Å²) in [6, 6.07) is 4.22. The van der Waals surface area contributed by atoms with Crippen LogP contribution in [-0.2, 0) is 19.2 Å². The van der Waals surface area contributed by atoms with E-state index in [-0.39, 0.29) is 59.8 Å². The second-order valence-corrected chi connectivity index (χ2v) is 12.9. The molecule has 2 aromatic rings. The van der Waals surface area contributed by atoms with Crippen LogP contribution in [0.5, 0.6) is 0 Å². The van der Waals surface area contributed by atoms with Crippen LogP contribution in [-0.4, -0.2) is 96.7 Å². The van der Waals surface area contributed by atoms with Crippen molar-refractivity contribution in [2.45, 2.75) is 35.6 Å². The van der Waals surface area contributed by atoms with Gasteiger partial charge in [0, 0.05) is 25.0 Å². The van der Waals surface area contributed by atoms with Gasteiger partial charge in [0.05, 0.1) is 18.2 Å². The molecule has 14 nitrogen and oxygen atoms in total. The van der Waals surface area contributed by atoms with Crippen LogP contribution in [0, 0.1) is 6.92 Å². The van der Waals surface area contributed by atoms with Crippen molar-refractivity contribution in [3.8, 4) is 0 Å². The summed E-state index contributed by atoms with van der Waals surface area (Å²) >= 11 is 3.99. The molecule has 5 rings (SSSR count). The quantitative estimate of drug-likeness (QED) is 0.169. The van der Waals surface area contributed by atoms with Crippen molar-refractivity contribution in [1.29, 1.82) is 0 Å². The van der Waals surface area contributed by atoms with Crippen molar-refractivity contribution in [2.75, 3.05) is 24.6 Å². The van der Waals surface area contributed by atoms with E-state index in [0.717, 1.165) is 19.7 Å². The maximum atomic E-state index is 13.5. The van der Waals surface area contributed by atoms with Crippen molar-refractivity contribution in [2.24, 2.45) is 0 Å². The molecule has 18 heteroatoms. The second kappa shape index (κ2) is 13.8. The van der Waals surface area contributed by atoms with Crippen molar-refractivity contribution in [1.82, 2.24) is 35.5 Å². The van der Waals surface area contributed by atoms with E-state index in [1.807, 2.05) is 6.92 Å². The summed E-state index contributed by atoms with van der Waals surface area (Å²) in [7, 11) is 0. The number of nitrogens with one attached hydrogen (secondary N) is 2. The zero-order valence-corrected chi connectivity index (χ0v) is 27.7. The van der Waals surface area contributed by atoms with E-state index in [0.29, 0.717) is 15.5 Å². The minimum atomic E-state index is -1.49. The molecular weight excluding hydrogens is 630 g/mol. The average molecular weight is 654 g/mol. The number of hydrogen-bond acceptors (Lipinski definition) is 12. The average Bonchev–Trinajstić information content (AvgIpc) is 3.57. The molecule has 1 unspecified atom stereocenters. The molecular formula is C25H24N7NaO7S3. The predicted octanol–water partition coefficient (Wildman–Crippen LogP) is -2.92. The monoisotopic (exact) mass is 653 g/mol. The van der Waals surface area contributed by atoms with Gasteiger partial charge in [-0.3, -0.25) is 24.2 Å². The molecule has 3 aliphatic heterocycles. The molecule has 0 bridgehead atoms. The van der Waals surface area contributed by atoms with Crippen LogP contribution < -0.4 is 45.3 Å². The number of nitrogens with zero attached hydrogens (tertiary/aromatic N) is 5. The molecule has 43 heavy (non-hydrogen) atoms. The van der Waals surface area contributed by atoms with E-state index < -0.39 is 53.2 Å². The Hall–Kier alpha value is -2.96. The predicted molar refractivity (Wildman–Crippen MR) is 150 cm³/mol. The van der Waals surface area contributed by atoms with E-state index in [1.165, 1.54) is 41.8 Å². The van der Waals surface area contributed by atoms with Crippen LogP contribution in [0.4, 0.5) is 9.59 Å². The number of urea groups is 2. The maximum absolute atomic E-state index is 13.5. The molecule has 0 spiro atoms. The summed E-state index contributed by atoms with van der Waals surface area (Å²) < 4.78 is 0.670. The van der Waals surface area contributed by atoms with Crippen LogP contribution in [0.1, 0.15) is 23.5 Å². The number of aromatic nitrogens is 2. The van der Waals surface area contributed by atoms with Gasteiger partial charge in [-0.15, -0.1) is 22.0 Å². The Morgan fingerprint density at radius 2 is 1.81 bits per heavy atom. The van der Waals surface area contributed by atoms with Gasteiger partial charge in [-0.05, 0) is 18.1 Å². The molecule has 3 atom stereocenters. The molecule has 2 N–H and O–H groups in total. The number of aliphatic carboxylic acids is 1. The number of amides is 7. The molecule has 0 saturated carbocycles. The second-order valence-electron chi connectivity index (χ2n) is 9.41. The number of aryl methyl sites for hydroxylation is 1. The maximum Gasteiger partial charge on any atom is 1.00 e. The van der Waals surface area contributed by atoms with Crippen LogP contribution >= 0.6 is 34.9 Å². The number of hydrogen-bond donors (Lipinski definition) is 2. The van der Waals surface area contributed by atoms with Gasteiger partial charge in [-0.1, -0.05) is 53.4 Å². The summed E-state index contributed by atoms with van der Waals surface area (Å²) in [6.45, 7) is 3.01. The third-order valence-electron chi connectivity index (χ3n) is 6.71. The number of carboxylic acids is 1. The van der Waals surface area contributed by atoms with E-state index in [4.69, 9.17) is 0 Å². The first kappa shape index (κ1) is 32.9. The Balaban J connectivity index is 0.00000423. The molecule has 2 fully saturated rings. The molecule has 7 amide bonds. The van der Waals surface area contributed by atoms with Gasteiger partial charge >= 0.3 is 41.6 Å². The van der Waals surface area contributed by atoms with Gasteiger partial charge < -0.3 is 20.5 Å². The minimum absolute atomic E-state index is 0. The molecule has 1 aromatic carbocycles. The van der Waals surface area contributed by atoms with Gasteiger partial charge in [-0.25, -0.2) is 14.5 Å². The fraction of sp³-hybridized carbons (Fsp3) is 0.360. The molecule has 4 heterocycles. The first-order valence-corrected chi connectivity index (χ1v) is 15.5. The smallest absolute Gasteiger partial charge is 0.543 e. The molecule has 2 saturated heterocycles. The molecule has 0 aliphatic carbocycles. The van der Waals surface area contributed by atoms with Crippen LogP contribution in [0.15, 0.2) is 45.9 Å². The topological polar surface area (TPSA) is 185 Å². The number of imide groups is 2. The minimum Gasteiger partial charge on any atom is -0.543 e. The van der Waals surface area contributed by atoms with Crippen molar-refractivity contribution in [3.63, 3.8) is 0 Å². The summed E-state index contributed by atoms with van der Waals surface area (Å²) in [5.41, 5.74) is 0.662. The third-order valence-corrected chi connectivity index (χ3v) is 10.1. The Morgan fingerprint density at radius 1 is 1.12 bits per heavy atom. The summed E-state index contributed by atoms with van der Waals surface area (Å²) in [5, 5.41) is 25.3. The Kier molecular flexibility index (Phi) is 10.6. The van der Waals surface area contributed by atoms with Gasteiger partial charge in [0.15, 0.2) is 4.34 Å². The van der Waals surface area contributed by atoms with Gasteiger partial charge in [0.25, 0.3) is 5.91 Å². The molecule has 0 radical (unpaired) electrons. The van der Waals surface area contributed by atoms with E-state index in [9.17, 15) is 33.9 Å². The number of carbonyl (C=O) groups excluding carboxylic acids is 6. The van der Waals surface area contributed by atoms with Crippen LogP contribution in [0.2, 0.25) is 0 Å². The molecule has 3 aliphatic rings. The van der Waals surface area contributed by atoms with Crippen LogP contribution in [0.3, 0.4) is 0 Å². The fourth-order valence-corrected chi connectivity index (χ4v) is 7.97. The number of benzene rings is 1. The number of carboxylic acid groups (broad SMARTS) is 1. The zero-order chi connectivity index (χ0) is 30.1. The number of β-lactam (4-membered cyclic amide) rings is 1.